The molecule has 2 amide bonds. The van der Waals surface area contributed by atoms with Gasteiger partial charge in [-0.1, -0.05) is 54.6 Å². The van der Waals surface area contributed by atoms with Crippen LogP contribution in [0.1, 0.15) is 16.8 Å². The van der Waals surface area contributed by atoms with E-state index in [1.165, 1.54) is 11.0 Å². The third-order valence-corrected chi connectivity index (χ3v) is 5.39. The summed E-state index contributed by atoms with van der Waals surface area (Å²) in [6.07, 6.45) is 9.17. The molecular weight excluding hydrogens is 440 g/mol. The van der Waals surface area contributed by atoms with Gasteiger partial charge in [0.05, 0.1) is 17.1 Å². The van der Waals surface area contributed by atoms with Crippen LogP contribution in [0.3, 0.4) is 0 Å². The van der Waals surface area contributed by atoms with Gasteiger partial charge in [-0.15, -0.1) is 0 Å². The standard InChI is InChI=1S/C28H28N4O3/c1-31(2)18-8-15-27(33)30-22-11-6-12-23(19-22)32(26-16-17-29-25-14-7-13-24(25)26)28(34)35-20-21-9-4-3-5-10-21/h3-13,15-17,19H,14,18,20H2,1-2H3,(H,30,33)/b15-8+. The predicted octanol–water partition coefficient (Wildman–Crippen LogP) is 5.18. The number of pyridine rings is 1. The molecule has 1 heterocycles. The number of ether oxygens (including phenoxy) is 1. The lowest BCUT2D eigenvalue weighted by molar-refractivity contribution is -0.111. The second-order valence-electron chi connectivity index (χ2n) is 8.38. The lowest BCUT2D eigenvalue weighted by Crippen LogP contribution is -2.27. The van der Waals surface area contributed by atoms with Crippen LogP contribution in [0.15, 0.2) is 85.1 Å². The lowest BCUT2D eigenvalue weighted by Gasteiger charge is -2.25. The van der Waals surface area contributed by atoms with Gasteiger partial charge in [0.15, 0.2) is 0 Å². The molecule has 0 unspecified atom stereocenters. The van der Waals surface area contributed by atoms with E-state index in [0.29, 0.717) is 30.0 Å². The maximum absolute atomic E-state index is 13.4. The fourth-order valence-electron chi connectivity index (χ4n) is 3.74. The highest BCUT2D eigenvalue weighted by atomic mass is 16.6. The third-order valence-electron chi connectivity index (χ3n) is 5.39. The number of hydrogen-bond acceptors (Lipinski definition) is 5. The molecule has 0 saturated heterocycles. The zero-order chi connectivity index (χ0) is 24.6. The summed E-state index contributed by atoms with van der Waals surface area (Å²) < 4.78 is 5.69. The Hall–Kier alpha value is -4.23. The summed E-state index contributed by atoms with van der Waals surface area (Å²) in [5.74, 6) is -0.241. The van der Waals surface area contributed by atoms with Gasteiger partial charge in [-0.05, 0) is 43.9 Å². The number of carbonyl (C=O) groups excluding carboxylic acids is 2. The van der Waals surface area contributed by atoms with Crippen molar-refractivity contribution >= 4 is 35.1 Å². The Morgan fingerprint density at radius 2 is 1.91 bits per heavy atom. The van der Waals surface area contributed by atoms with Crippen molar-refractivity contribution in [1.29, 1.82) is 0 Å². The first-order chi connectivity index (χ1) is 17.0. The second-order valence-corrected chi connectivity index (χ2v) is 8.38. The number of fused-ring (bicyclic) bond motifs is 1. The number of hydrogen-bond donors (Lipinski definition) is 1. The highest BCUT2D eigenvalue weighted by Gasteiger charge is 2.25. The topological polar surface area (TPSA) is 74.8 Å². The van der Waals surface area contributed by atoms with Crippen LogP contribution in [0.4, 0.5) is 21.9 Å². The number of carbonyl (C=O) groups is 2. The van der Waals surface area contributed by atoms with Crippen molar-refractivity contribution in [3.63, 3.8) is 0 Å². The molecule has 3 aromatic rings. The maximum atomic E-state index is 13.4. The molecule has 1 aliphatic rings. The van der Waals surface area contributed by atoms with Crippen LogP contribution in [0.25, 0.3) is 6.08 Å². The van der Waals surface area contributed by atoms with Crippen LogP contribution in [-0.4, -0.2) is 42.5 Å². The number of rotatable bonds is 8. The number of likely N-dealkylation sites (N-methyl/N-ethyl adjacent to an activating group) is 1. The minimum Gasteiger partial charge on any atom is -0.444 e. The van der Waals surface area contributed by atoms with Gasteiger partial charge in [-0.2, -0.15) is 0 Å². The van der Waals surface area contributed by atoms with Crippen LogP contribution >= 0.6 is 0 Å². The van der Waals surface area contributed by atoms with Crippen LogP contribution in [-0.2, 0) is 22.6 Å². The van der Waals surface area contributed by atoms with Crippen molar-refractivity contribution in [3.05, 3.63) is 102 Å². The number of anilines is 3. The molecule has 0 aliphatic heterocycles. The smallest absolute Gasteiger partial charge is 0.419 e. The van der Waals surface area contributed by atoms with Crippen LogP contribution in [0.5, 0.6) is 0 Å². The summed E-state index contributed by atoms with van der Waals surface area (Å²) in [5.41, 5.74) is 4.50. The minimum atomic E-state index is -0.517. The van der Waals surface area contributed by atoms with Crippen molar-refractivity contribution in [2.45, 2.75) is 13.0 Å². The summed E-state index contributed by atoms with van der Waals surface area (Å²) >= 11 is 0. The van der Waals surface area contributed by atoms with Gasteiger partial charge in [0, 0.05) is 36.5 Å². The van der Waals surface area contributed by atoms with E-state index in [1.54, 1.807) is 36.5 Å². The van der Waals surface area contributed by atoms with E-state index in [4.69, 9.17) is 4.74 Å². The Kier molecular flexibility index (Phi) is 7.70. The fraction of sp³-hybridized carbons (Fsp3) is 0.179. The average Bonchev–Trinajstić information content (AvgIpc) is 3.33. The van der Waals surface area contributed by atoms with Gasteiger partial charge in [0.2, 0.25) is 5.91 Å². The number of amides is 2. The van der Waals surface area contributed by atoms with Gasteiger partial charge in [-0.3, -0.25) is 9.78 Å². The number of allylic oxidation sites excluding steroid dienone is 1. The fourth-order valence-corrected chi connectivity index (χ4v) is 3.74. The molecule has 0 saturated carbocycles. The van der Waals surface area contributed by atoms with Gasteiger partial charge < -0.3 is 15.0 Å². The summed E-state index contributed by atoms with van der Waals surface area (Å²) in [7, 11) is 3.87. The molecule has 0 bridgehead atoms. The molecule has 178 valence electrons. The summed E-state index contributed by atoms with van der Waals surface area (Å²) in [4.78, 5) is 33.7. The molecule has 2 aromatic carbocycles. The predicted molar refractivity (Wildman–Crippen MR) is 139 cm³/mol. The highest BCUT2D eigenvalue weighted by Crippen LogP contribution is 2.35. The summed E-state index contributed by atoms with van der Waals surface area (Å²) in [6, 6.07) is 18.5. The van der Waals surface area contributed by atoms with Crippen molar-refractivity contribution in [1.82, 2.24) is 9.88 Å². The molecule has 4 rings (SSSR count). The zero-order valence-electron chi connectivity index (χ0n) is 19.8. The summed E-state index contributed by atoms with van der Waals surface area (Å²) in [6.45, 7) is 0.807. The Labute approximate surface area is 205 Å². The quantitative estimate of drug-likeness (QED) is 0.461. The number of aromatic nitrogens is 1. The van der Waals surface area contributed by atoms with Crippen molar-refractivity contribution < 1.29 is 14.3 Å². The van der Waals surface area contributed by atoms with Crippen molar-refractivity contribution in [2.75, 3.05) is 30.9 Å². The minimum absolute atomic E-state index is 0.145. The molecule has 0 fully saturated rings. The molecular formula is C28H28N4O3. The molecule has 7 nitrogen and oxygen atoms in total. The first-order valence-electron chi connectivity index (χ1n) is 11.4. The lowest BCUT2D eigenvalue weighted by atomic mass is 10.1. The Morgan fingerprint density at radius 3 is 2.71 bits per heavy atom. The summed E-state index contributed by atoms with van der Waals surface area (Å²) in [5, 5.41) is 2.86. The van der Waals surface area contributed by atoms with E-state index >= 15 is 0 Å². The Morgan fingerprint density at radius 1 is 1.09 bits per heavy atom. The molecule has 1 N–H and O–H groups in total. The first-order valence-corrected chi connectivity index (χ1v) is 11.4. The number of benzene rings is 2. The SMILES string of the molecule is CN(C)C/C=C/C(=O)Nc1cccc(N(C(=O)OCc2ccccc2)c2ccnc3c2C=CC3)c1. The Balaban J connectivity index is 1.61. The van der Waals surface area contributed by atoms with E-state index in [9.17, 15) is 9.59 Å². The van der Waals surface area contributed by atoms with Crippen molar-refractivity contribution in [3.8, 4) is 0 Å². The zero-order valence-corrected chi connectivity index (χ0v) is 19.8. The van der Waals surface area contributed by atoms with Gasteiger partial charge in [0.25, 0.3) is 0 Å². The molecule has 35 heavy (non-hydrogen) atoms. The van der Waals surface area contributed by atoms with E-state index in [1.807, 2.05) is 67.5 Å². The van der Waals surface area contributed by atoms with E-state index in [2.05, 4.69) is 10.3 Å². The van der Waals surface area contributed by atoms with Gasteiger partial charge >= 0.3 is 6.09 Å². The molecule has 0 radical (unpaired) electrons. The van der Waals surface area contributed by atoms with Gasteiger partial charge in [-0.25, -0.2) is 9.69 Å². The van der Waals surface area contributed by atoms with Crippen molar-refractivity contribution in [2.24, 2.45) is 0 Å². The normalized spacial score (nSPS) is 12.1. The molecule has 0 atom stereocenters. The molecule has 7 heteroatoms. The number of nitrogens with one attached hydrogen (secondary N) is 1. The third kappa shape index (κ3) is 6.22. The number of nitrogens with zero attached hydrogens (tertiary/aromatic N) is 3. The monoisotopic (exact) mass is 468 g/mol. The Bertz CT molecular complexity index is 1250. The van der Waals surface area contributed by atoms with Crippen LogP contribution in [0.2, 0.25) is 0 Å². The van der Waals surface area contributed by atoms with Gasteiger partial charge in [0.1, 0.15) is 6.61 Å². The van der Waals surface area contributed by atoms with E-state index < -0.39 is 6.09 Å². The molecule has 0 spiro atoms. The van der Waals surface area contributed by atoms with Crippen LogP contribution in [0, 0.1) is 0 Å². The molecule has 1 aliphatic carbocycles. The van der Waals surface area contributed by atoms with E-state index in [-0.39, 0.29) is 12.5 Å². The van der Waals surface area contributed by atoms with E-state index in [0.717, 1.165) is 16.8 Å². The maximum Gasteiger partial charge on any atom is 0.419 e. The molecule has 1 aromatic heterocycles. The highest BCUT2D eigenvalue weighted by molar-refractivity contribution is 6.02. The largest absolute Gasteiger partial charge is 0.444 e. The van der Waals surface area contributed by atoms with Crippen LogP contribution < -0.4 is 10.2 Å². The first kappa shape index (κ1) is 23.9. The second kappa shape index (κ2) is 11.3. The average molecular weight is 469 g/mol.